The number of nitrogens with zero attached hydrogens (tertiary/aromatic N) is 3. The van der Waals surface area contributed by atoms with Gasteiger partial charge in [0.25, 0.3) is 5.91 Å². The van der Waals surface area contributed by atoms with Gasteiger partial charge in [0, 0.05) is 5.56 Å². The van der Waals surface area contributed by atoms with E-state index < -0.39 is 5.91 Å². The molecule has 0 aliphatic rings. The maximum Gasteiger partial charge on any atom is 0.279 e. The highest BCUT2D eigenvalue weighted by Crippen LogP contribution is 2.25. The Bertz CT molecular complexity index is 1080. The monoisotopic (exact) mass is 351 g/mol. The molecule has 0 spiro atoms. The molecule has 1 aromatic heterocycles. The van der Waals surface area contributed by atoms with E-state index in [1.165, 1.54) is 11.3 Å². The SMILES string of the molecule is C#CCn1c(=NC(=O)c2ccc(C#N)cc2)sc2cccc(Cl)c21. The predicted molar refractivity (Wildman–Crippen MR) is 94.7 cm³/mol. The Morgan fingerprint density at radius 3 is 2.71 bits per heavy atom. The second-order valence-corrected chi connectivity index (χ2v) is 6.28. The van der Waals surface area contributed by atoms with E-state index in [-0.39, 0.29) is 6.54 Å². The predicted octanol–water partition coefficient (Wildman–Crippen LogP) is 3.60. The summed E-state index contributed by atoms with van der Waals surface area (Å²) in [6.45, 7) is 0.267. The van der Waals surface area contributed by atoms with Crippen LogP contribution in [0.15, 0.2) is 47.5 Å². The number of benzene rings is 2. The minimum atomic E-state index is -0.395. The zero-order chi connectivity index (χ0) is 17.1. The maximum atomic E-state index is 12.4. The van der Waals surface area contributed by atoms with Crippen molar-refractivity contribution in [1.82, 2.24) is 4.57 Å². The van der Waals surface area contributed by atoms with Crippen molar-refractivity contribution in [2.45, 2.75) is 6.54 Å². The van der Waals surface area contributed by atoms with E-state index in [4.69, 9.17) is 23.3 Å². The molecule has 0 radical (unpaired) electrons. The first-order valence-corrected chi connectivity index (χ1v) is 8.14. The molecule has 1 amide bonds. The second kappa shape index (κ2) is 6.72. The van der Waals surface area contributed by atoms with Gasteiger partial charge in [-0.25, -0.2) is 0 Å². The summed E-state index contributed by atoms with van der Waals surface area (Å²) in [5.41, 5.74) is 1.67. The molecule has 3 rings (SSSR count). The van der Waals surface area contributed by atoms with Crippen LogP contribution in [0.2, 0.25) is 5.02 Å². The number of hydrogen-bond donors (Lipinski definition) is 0. The first-order valence-electron chi connectivity index (χ1n) is 6.94. The molecule has 0 bridgehead atoms. The number of hydrogen-bond acceptors (Lipinski definition) is 3. The van der Waals surface area contributed by atoms with Crippen LogP contribution in [0.3, 0.4) is 0 Å². The standard InChI is InChI=1S/C18H10ClN3OS/c1-2-10-22-16-14(19)4-3-5-15(16)24-18(22)21-17(23)13-8-6-12(11-20)7-9-13/h1,3-9H,10H2. The Labute approximate surface area is 147 Å². The molecule has 4 nitrogen and oxygen atoms in total. The molecule has 0 unspecified atom stereocenters. The topological polar surface area (TPSA) is 58.1 Å². The molecule has 2 aromatic carbocycles. The Balaban J connectivity index is 2.14. The number of halogens is 1. The van der Waals surface area contributed by atoms with Gasteiger partial charge in [-0.15, -0.1) is 6.42 Å². The largest absolute Gasteiger partial charge is 0.303 e. The highest BCUT2D eigenvalue weighted by Gasteiger charge is 2.11. The first-order chi connectivity index (χ1) is 11.6. The number of para-hydroxylation sites is 1. The number of carbonyl (C=O) groups is 1. The first kappa shape index (κ1) is 16.0. The van der Waals surface area contributed by atoms with E-state index >= 15 is 0 Å². The van der Waals surface area contributed by atoms with E-state index in [1.807, 2.05) is 18.2 Å². The lowest BCUT2D eigenvalue weighted by Crippen LogP contribution is -2.16. The van der Waals surface area contributed by atoms with Crippen molar-refractivity contribution in [3.8, 4) is 18.4 Å². The molecule has 3 aromatic rings. The number of terminal acetylenes is 1. The van der Waals surface area contributed by atoms with Crippen molar-refractivity contribution >= 4 is 39.1 Å². The third-order valence-electron chi connectivity index (χ3n) is 3.36. The van der Waals surface area contributed by atoms with Crippen LogP contribution in [-0.4, -0.2) is 10.5 Å². The maximum absolute atomic E-state index is 12.4. The zero-order valence-electron chi connectivity index (χ0n) is 12.4. The highest BCUT2D eigenvalue weighted by atomic mass is 35.5. The fraction of sp³-hybridized carbons (Fsp3) is 0.0556. The molecule has 0 fully saturated rings. The van der Waals surface area contributed by atoms with E-state index in [0.717, 1.165) is 10.2 Å². The van der Waals surface area contributed by atoms with Gasteiger partial charge < -0.3 is 4.57 Å². The van der Waals surface area contributed by atoms with Gasteiger partial charge in [-0.1, -0.05) is 34.9 Å². The molecule has 0 N–H and O–H groups in total. The van der Waals surface area contributed by atoms with Crippen LogP contribution in [0, 0.1) is 23.7 Å². The Morgan fingerprint density at radius 1 is 1.29 bits per heavy atom. The summed E-state index contributed by atoms with van der Waals surface area (Å²) in [6, 6.07) is 13.9. The molecule has 0 aliphatic carbocycles. The van der Waals surface area contributed by atoms with E-state index in [2.05, 4.69) is 10.9 Å². The normalized spacial score (nSPS) is 11.2. The number of nitriles is 1. The summed E-state index contributed by atoms with van der Waals surface area (Å²) < 4.78 is 2.66. The fourth-order valence-corrected chi connectivity index (χ4v) is 3.64. The van der Waals surface area contributed by atoms with Crippen LogP contribution >= 0.6 is 22.9 Å². The van der Waals surface area contributed by atoms with Gasteiger partial charge in [-0.2, -0.15) is 10.3 Å². The van der Waals surface area contributed by atoms with Crippen molar-refractivity contribution in [3.05, 3.63) is 63.4 Å². The molecular weight excluding hydrogens is 342 g/mol. The molecule has 0 saturated carbocycles. The lowest BCUT2D eigenvalue weighted by molar-refractivity contribution is 0.0998. The summed E-state index contributed by atoms with van der Waals surface area (Å²) >= 11 is 7.61. The summed E-state index contributed by atoms with van der Waals surface area (Å²) in [5.74, 6) is 2.17. The minimum absolute atomic E-state index is 0.267. The van der Waals surface area contributed by atoms with Crippen LogP contribution in [0.5, 0.6) is 0 Å². The van der Waals surface area contributed by atoms with Crippen LogP contribution in [0.1, 0.15) is 15.9 Å². The molecule has 24 heavy (non-hydrogen) atoms. The number of amides is 1. The number of rotatable bonds is 2. The van der Waals surface area contributed by atoms with Gasteiger partial charge >= 0.3 is 0 Å². The van der Waals surface area contributed by atoms with Crippen LogP contribution in [0.4, 0.5) is 0 Å². The van der Waals surface area contributed by atoms with Crippen molar-refractivity contribution in [1.29, 1.82) is 5.26 Å². The lowest BCUT2D eigenvalue weighted by Gasteiger charge is -2.01. The minimum Gasteiger partial charge on any atom is -0.303 e. The Morgan fingerprint density at radius 2 is 2.04 bits per heavy atom. The van der Waals surface area contributed by atoms with E-state index in [0.29, 0.717) is 21.0 Å². The van der Waals surface area contributed by atoms with Crippen LogP contribution < -0.4 is 4.80 Å². The summed E-state index contributed by atoms with van der Waals surface area (Å²) in [5, 5.41) is 9.37. The van der Waals surface area contributed by atoms with Gasteiger partial charge in [0.1, 0.15) is 0 Å². The van der Waals surface area contributed by atoms with Gasteiger partial charge in [-0.05, 0) is 36.4 Å². The van der Waals surface area contributed by atoms with Gasteiger partial charge in [0.15, 0.2) is 4.80 Å². The smallest absolute Gasteiger partial charge is 0.279 e. The second-order valence-electron chi connectivity index (χ2n) is 4.87. The fourth-order valence-electron chi connectivity index (χ4n) is 2.25. The molecule has 0 atom stereocenters. The number of fused-ring (bicyclic) bond motifs is 1. The van der Waals surface area contributed by atoms with Crippen molar-refractivity contribution in [3.63, 3.8) is 0 Å². The van der Waals surface area contributed by atoms with Crippen molar-refractivity contribution in [2.75, 3.05) is 0 Å². The van der Waals surface area contributed by atoms with Crippen molar-refractivity contribution < 1.29 is 4.79 Å². The summed E-state index contributed by atoms with van der Waals surface area (Å²) in [4.78, 5) is 17.1. The molecule has 1 heterocycles. The van der Waals surface area contributed by atoms with E-state index in [9.17, 15) is 4.79 Å². The van der Waals surface area contributed by atoms with Gasteiger partial charge in [-0.3, -0.25) is 4.79 Å². The summed E-state index contributed by atoms with van der Waals surface area (Å²) in [6.07, 6.45) is 5.44. The lowest BCUT2D eigenvalue weighted by atomic mass is 10.1. The molecule has 116 valence electrons. The van der Waals surface area contributed by atoms with Gasteiger partial charge in [0.2, 0.25) is 0 Å². The molecule has 6 heteroatoms. The molecular formula is C18H10ClN3OS. The molecule has 0 aliphatic heterocycles. The van der Waals surface area contributed by atoms with Crippen LogP contribution in [0.25, 0.3) is 10.2 Å². The van der Waals surface area contributed by atoms with Gasteiger partial charge in [0.05, 0.1) is 33.4 Å². The van der Waals surface area contributed by atoms with E-state index in [1.54, 1.807) is 34.9 Å². The summed E-state index contributed by atoms with van der Waals surface area (Å²) in [7, 11) is 0. The number of thiazole rings is 1. The third kappa shape index (κ3) is 2.96. The highest BCUT2D eigenvalue weighted by molar-refractivity contribution is 7.16. The molecule has 0 saturated heterocycles. The third-order valence-corrected chi connectivity index (χ3v) is 4.71. The zero-order valence-corrected chi connectivity index (χ0v) is 13.9. The van der Waals surface area contributed by atoms with Crippen LogP contribution in [-0.2, 0) is 6.54 Å². The Hall–Kier alpha value is -2.86. The average Bonchev–Trinajstić information content (AvgIpc) is 2.94. The number of aromatic nitrogens is 1. The Kier molecular flexibility index (Phi) is 4.48. The number of carbonyl (C=O) groups excluding carboxylic acids is 1. The van der Waals surface area contributed by atoms with Crippen molar-refractivity contribution in [2.24, 2.45) is 4.99 Å². The quantitative estimate of drug-likeness (QED) is 0.662. The average molecular weight is 352 g/mol.